The summed E-state index contributed by atoms with van der Waals surface area (Å²) >= 11 is 6.07. The van der Waals surface area contributed by atoms with E-state index in [1.165, 1.54) is 5.56 Å². The second-order valence-corrected chi connectivity index (χ2v) is 6.51. The van der Waals surface area contributed by atoms with E-state index >= 15 is 0 Å². The minimum atomic E-state index is 0.723. The first kappa shape index (κ1) is 14.6. The summed E-state index contributed by atoms with van der Waals surface area (Å²) in [6, 6.07) is 5.85. The van der Waals surface area contributed by atoms with Crippen LogP contribution in [0.25, 0.3) is 11.0 Å². The van der Waals surface area contributed by atoms with E-state index in [0.29, 0.717) is 0 Å². The zero-order valence-corrected chi connectivity index (χ0v) is 14.0. The maximum atomic E-state index is 6.07. The van der Waals surface area contributed by atoms with Crippen LogP contribution in [0, 0.1) is 6.92 Å². The van der Waals surface area contributed by atoms with E-state index < -0.39 is 0 Å². The molecule has 0 atom stereocenters. The van der Waals surface area contributed by atoms with Crippen LogP contribution in [0.1, 0.15) is 22.9 Å². The maximum absolute atomic E-state index is 6.07. The van der Waals surface area contributed by atoms with Crippen molar-refractivity contribution in [2.45, 2.75) is 26.4 Å². The van der Waals surface area contributed by atoms with Crippen molar-refractivity contribution in [1.29, 1.82) is 0 Å². The number of aryl methyl sites for hydroxylation is 2. The third-order valence-electron chi connectivity index (χ3n) is 4.45. The summed E-state index contributed by atoms with van der Waals surface area (Å²) in [4.78, 5) is 16.0. The van der Waals surface area contributed by atoms with Crippen molar-refractivity contribution in [2.24, 2.45) is 7.05 Å². The van der Waals surface area contributed by atoms with Gasteiger partial charge in [-0.1, -0.05) is 11.6 Å². The van der Waals surface area contributed by atoms with E-state index in [-0.39, 0.29) is 0 Å². The summed E-state index contributed by atoms with van der Waals surface area (Å²) in [7, 11) is 2.06. The quantitative estimate of drug-likeness (QED) is 0.726. The number of fused-ring (bicyclic) bond motifs is 2. The van der Waals surface area contributed by atoms with Crippen molar-refractivity contribution in [3.63, 3.8) is 0 Å². The molecule has 1 aliphatic heterocycles. The molecule has 5 nitrogen and oxygen atoms in total. The molecule has 6 heteroatoms. The van der Waals surface area contributed by atoms with Crippen LogP contribution in [0.4, 0.5) is 0 Å². The van der Waals surface area contributed by atoms with E-state index in [1.807, 2.05) is 31.3 Å². The lowest BCUT2D eigenvalue weighted by molar-refractivity contribution is 0.233. The second-order valence-electron chi connectivity index (χ2n) is 6.07. The molecular weight excluding hydrogens is 310 g/mol. The summed E-state index contributed by atoms with van der Waals surface area (Å²) in [5.41, 5.74) is 4.47. The topological polar surface area (TPSA) is 46.8 Å². The van der Waals surface area contributed by atoms with E-state index in [9.17, 15) is 0 Å². The molecule has 3 aromatic rings. The van der Waals surface area contributed by atoms with Gasteiger partial charge in [0.25, 0.3) is 0 Å². The maximum Gasteiger partial charge on any atom is 0.125 e. The first-order valence-electron chi connectivity index (χ1n) is 7.75. The summed E-state index contributed by atoms with van der Waals surface area (Å²) in [6.45, 7) is 4.60. The molecule has 2 aromatic heterocycles. The molecule has 1 aliphatic rings. The highest BCUT2D eigenvalue weighted by Crippen LogP contribution is 2.22. The van der Waals surface area contributed by atoms with Gasteiger partial charge in [-0.3, -0.25) is 4.90 Å². The molecule has 0 fully saturated rings. The fraction of sp³-hybridized carbons (Fsp3) is 0.353. The number of imidazole rings is 1. The first-order chi connectivity index (χ1) is 11.1. The molecule has 0 saturated heterocycles. The highest BCUT2D eigenvalue weighted by molar-refractivity contribution is 6.31. The van der Waals surface area contributed by atoms with Gasteiger partial charge in [0, 0.05) is 31.4 Å². The van der Waals surface area contributed by atoms with Gasteiger partial charge in [0.05, 0.1) is 23.3 Å². The van der Waals surface area contributed by atoms with Gasteiger partial charge in [0.1, 0.15) is 11.6 Å². The van der Waals surface area contributed by atoms with Gasteiger partial charge >= 0.3 is 0 Å². The molecule has 0 bridgehead atoms. The molecule has 118 valence electrons. The molecule has 0 unspecified atom stereocenters. The Morgan fingerprint density at radius 3 is 3.00 bits per heavy atom. The molecule has 3 heterocycles. The molecule has 0 saturated carbocycles. The van der Waals surface area contributed by atoms with Crippen LogP contribution in [0.3, 0.4) is 0 Å². The molecule has 0 radical (unpaired) electrons. The third kappa shape index (κ3) is 2.71. The Kier molecular flexibility index (Phi) is 3.54. The fourth-order valence-electron chi connectivity index (χ4n) is 3.16. The third-order valence-corrected chi connectivity index (χ3v) is 4.68. The van der Waals surface area contributed by atoms with Gasteiger partial charge in [0.15, 0.2) is 0 Å². The number of nitrogens with zero attached hydrogens (tertiary/aromatic N) is 5. The van der Waals surface area contributed by atoms with Gasteiger partial charge in [-0.2, -0.15) is 0 Å². The Morgan fingerprint density at radius 2 is 2.13 bits per heavy atom. The van der Waals surface area contributed by atoms with Crippen molar-refractivity contribution in [1.82, 2.24) is 24.4 Å². The Hall–Kier alpha value is -1.98. The zero-order chi connectivity index (χ0) is 16.0. The van der Waals surface area contributed by atoms with Gasteiger partial charge in [-0.15, -0.1) is 0 Å². The lowest BCUT2D eigenvalue weighted by atomic mass is 10.1. The predicted molar refractivity (Wildman–Crippen MR) is 90.3 cm³/mol. The SMILES string of the molecule is Cc1ncc2c(n1)CN(Cc1nc3cc(Cl)ccc3n1C)CC2. The van der Waals surface area contributed by atoms with Crippen LogP contribution < -0.4 is 0 Å². The standard InChI is InChI=1S/C17H18ClN5/c1-11-19-8-12-5-6-23(9-15(12)20-11)10-17-21-14-7-13(18)3-4-16(14)22(17)2/h3-4,7-8H,5-6,9-10H2,1-2H3. The van der Waals surface area contributed by atoms with Gasteiger partial charge in [-0.05, 0) is 37.1 Å². The highest BCUT2D eigenvalue weighted by atomic mass is 35.5. The number of aromatic nitrogens is 4. The molecule has 4 rings (SSSR count). The lowest BCUT2D eigenvalue weighted by Gasteiger charge is -2.27. The number of benzene rings is 1. The molecular formula is C17H18ClN5. The molecule has 0 aliphatic carbocycles. The van der Waals surface area contributed by atoms with Crippen LogP contribution in [-0.4, -0.2) is 31.0 Å². The molecule has 0 spiro atoms. The molecule has 23 heavy (non-hydrogen) atoms. The van der Waals surface area contributed by atoms with Crippen molar-refractivity contribution >= 4 is 22.6 Å². The summed E-state index contributed by atoms with van der Waals surface area (Å²) in [5, 5.41) is 0.723. The van der Waals surface area contributed by atoms with Crippen LogP contribution in [0.2, 0.25) is 5.02 Å². The Morgan fingerprint density at radius 1 is 1.26 bits per heavy atom. The van der Waals surface area contributed by atoms with Crippen LogP contribution in [0.15, 0.2) is 24.4 Å². The monoisotopic (exact) mass is 327 g/mol. The predicted octanol–water partition coefficient (Wildman–Crippen LogP) is 2.88. The largest absolute Gasteiger partial charge is 0.330 e. The summed E-state index contributed by atoms with van der Waals surface area (Å²) in [5.74, 6) is 1.89. The fourth-order valence-corrected chi connectivity index (χ4v) is 3.32. The van der Waals surface area contributed by atoms with Crippen LogP contribution in [-0.2, 0) is 26.6 Å². The molecule has 0 N–H and O–H groups in total. The lowest BCUT2D eigenvalue weighted by Crippen LogP contribution is -2.32. The van der Waals surface area contributed by atoms with E-state index in [1.54, 1.807) is 0 Å². The number of rotatable bonds is 2. The number of hydrogen-bond donors (Lipinski definition) is 0. The molecule has 1 aromatic carbocycles. The van der Waals surface area contributed by atoms with Gasteiger partial charge < -0.3 is 4.57 Å². The van der Waals surface area contributed by atoms with E-state index in [2.05, 4.69) is 26.5 Å². The van der Waals surface area contributed by atoms with E-state index in [4.69, 9.17) is 16.6 Å². The Bertz CT molecular complexity index is 886. The van der Waals surface area contributed by atoms with Crippen molar-refractivity contribution in [3.8, 4) is 0 Å². The Balaban J connectivity index is 1.60. The minimum Gasteiger partial charge on any atom is -0.330 e. The zero-order valence-electron chi connectivity index (χ0n) is 13.3. The smallest absolute Gasteiger partial charge is 0.125 e. The summed E-state index contributed by atoms with van der Waals surface area (Å²) in [6.07, 6.45) is 2.96. The molecule has 0 amide bonds. The second kappa shape index (κ2) is 5.58. The van der Waals surface area contributed by atoms with Gasteiger partial charge in [0.2, 0.25) is 0 Å². The van der Waals surface area contributed by atoms with Crippen LogP contribution in [0.5, 0.6) is 0 Å². The van der Waals surface area contributed by atoms with E-state index in [0.717, 1.165) is 59.5 Å². The van der Waals surface area contributed by atoms with Crippen molar-refractivity contribution < 1.29 is 0 Å². The van der Waals surface area contributed by atoms with Crippen molar-refractivity contribution in [2.75, 3.05) is 6.54 Å². The average Bonchev–Trinajstić information content (AvgIpc) is 2.82. The Labute approximate surface area is 139 Å². The normalized spacial score (nSPS) is 15.1. The highest BCUT2D eigenvalue weighted by Gasteiger charge is 2.20. The number of halogens is 1. The van der Waals surface area contributed by atoms with Crippen molar-refractivity contribution in [3.05, 3.63) is 52.3 Å². The summed E-state index contributed by atoms with van der Waals surface area (Å²) < 4.78 is 2.15. The minimum absolute atomic E-state index is 0.723. The number of hydrogen-bond acceptors (Lipinski definition) is 4. The van der Waals surface area contributed by atoms with Gasteiger partial charge in [-0.25, -0.2) is 15.0 Å². The first-order valence-corrected chi connectivity index (χ1v) is 8.12. The average molecular weight is 328 g/mol. The van der Waals surface area contributed by atoms with Crippen LogP contribution >= 0.6 is 11.6 Å².